The minimum atomic E-state index is -2.65. The normalized spacial score (nSPS) is 23.0. The Morgan fingerprint density at radius 1 is 0.981 bits per heavy atom. The van der Waals surface area contributed by atoms with Gasteiger partial charge in [-0.3, -0.25) is 14.2 Å². The molecule has 1 amide bonds. The van der Waals surface area contributed by atoms with Crippen molar-refractivity contribution in [2.75, 3.05) is 42.5 Å². The fourth-order valence-electron chi connectivity index (χ4n) is 9.87. The number of alkyl halides is 2. The lowest BCUT2D eigenvalue weighted by Crippen LogP contribution is -2.62. The maximum absolute atomic E-state index is 14.7. The molecule has 3 aromatic heterocycles. The zero-order valence-electron chi connectivity index (χ0n) is 30.7. The van der Waals surface area contributed by atoms with E-state index in [-0.39, 0.29) is 23.2 Å². The average molecular weight is 741 g/mol. The summed E-state index contributed by atoms with van der Waals surface area (Å²) < 4.78 is 33.2. The number of hydrogen-bond acceptors (Lipinski definition) is 9. The van der Waals surface area contributed by atoms with Crippen LogP contribution < -0.4 is 9.80 Å². The maximum atomic E-state index is 14.7. The molecule has 1 aromatic carbocycles. The van der Waals surface area contributed by atoms with Crippen molar-refractivity contribution >= 4 is 29.2 Å². The van der Waals surface area contributed by atoms with Gasteiger partial charge in [0, 0.05) is 99.5 Å². The molecule has 5 aliphatic heterocycles. The number of benzene rings is 1. The van der Waals surface area contributed by atoms with Crippen LogP contribution in [0.3, 0.4) is 0 Å². The van der Waals surface area contributed by atoms with Crippen LogP contribution in [0.5, 0.6) is 0 Å². The van der Waals surface area contributed by atoms with Crippen LogP contribution in [0.4, 0.5) is 26.1 Å². The summed E-state index contributed by atoms with van der Waals surface area (Å²) in [6.45, 7) is 6.41. The van der Waals surface area contributed by atoms with Crippen molar-refractivity contribution in [2.24, 2.45) is 13.0 Å². The van der Waals surface area contributed by atoms with Crippen LogP contribution in [0.2, 0.25) is 0 Å². The van der Waals surface area contributed by atoms with Crippen molar-refractivity contribution in [1.82, 2.24) is 39.6 Å². The molecule has 2 atom stereocenters. The quantitative estimate of drug-likeness (QED) is 0.251. The summed E-state index contributed by atoms with van der Waals surface area (Å²) in [5.74, 6) is 1.13. The number of aromatic nitrogens is 6. The van der Waals surface area contributed by atoms with E-state index in [1.807, 2.05) is 11.0 Å². The number of fused-ring (bicyclic) bond motifs is 4. The smallest absolute Gasteiger partial charge is 0.356 e. The van der Waals surface area contributed by atoms with Gasteiger partial charge in [0.15, 0.2) is 17.3 Å². The van der Waals surface area contributed by atoms with E-state index >= 15 is 0 Å². The first-order valence-corrected chi connectivity index (χ1v) is 19.3. The van der Waals surface area contributed by atoms with Crippen molar-refractivity contribution in [3.63, 3.8) is 0 Å². The lowest BCUT2D eigenvalue weighted by Gasteiger charge is -2.56. The van der Waals surface area contributed by atoms with Crippen molar-refractivity contribution in [3.05, 3.63) is 64.7 Å². The lowest BCUT2D eigenvalue weighted by atomic mass is 9.73. The maximum Gasteiger partial charge on any atom is 0.356 e. The predicted octanol–water partition coefficient (Wildman–Crippen LogP) is 5.39. The number of anilines is 3. The molecule has 0 radical (unpaired) electrons. The van der Waals surface area contributed by atoms with E-state index in [1.54, 1.807) is 43.2 Å². The van der Waals surface area contributed by atoms with Crippen molar-refractivity contribution in [3.8, 4) is 11.1 Å². The largest absolute Gasteiger partial charge is 0.476 e. The molecule has 8 heterocycles. The zero-order chi connectivity index (χ0) is 37.2. The molecule has 54 heavy (non-hydrogen) atoms. The van der Waals surface area contributed by atoms with Crippen molar-refractivity contribution < 1.29 is 23.5 Å². The third-order valence-corrected chi connectivity index (χ3v) is 12.5. The molecule has 4 fully saturated rings. The number of carbonyl (C=O) groups excluding carboxylic acids is 1. The Morgan fingerprint density at radius 2 is 1.78 bits per heavy atom. The molecule has 3 saturated heterocycles. The number of rotatable bonds is 8. The predicted molar refractivity (Wildman–Crippen MR) is 197 cm³/mol. The van der Waals surface area contributed by atoms with Crippen LogP contribution in [0.1, 0.15) is 90.8 Å². The number of nitrogens with zero attached hydrogens (tertiary/aromatic N) is 10. The van der Waals surface area contributed by atoms with E-state index in [2.05, 4.69) is 34.7 Å². The third kappa shape index (κ3) is 6.19. The van der Waals surface area contributed by atoms with Gasteiger partial charge in [-0.2, -0.15) is 10.2 Å². The Bertz CT molecular complexity index is 2060. The van der Waals surface area contributed by atoms with Gasteiger partial charge in [-0.25, -0.2) is 13.6 Å². The molecule has 6 aliphatic rings. The van der Waals surface area contributed by atoms with Gasteiger partial charge in [-0.15, -0.1) is 10.2 Å². The molecule has 13 nitrogen and oxygen atoms in total. The highest BCUT2D eigenvalue weighted by Gasteiger charge is 2.46. The Morgan fingerprint density at radius 3 is 2.44 bits per heavy atom. The van der Waals surface area contributed by atoms with E-state index < -0.39 is 12.4 Å². The number of carboxylic acid groups (broad SMARTS) is 1. The molecular formula is C39H46F2N10O3. The molecule has 0 spiro atoms. The molecular weight excluding hydrogens is 694 g/mol. The minimum Gasteiger partial charge on any atom is -0.476 e. The zero-order valence-corrected chi connectivity index (χ0v) is 30.7. The number of halogens is 2. The van der Waals surface area contributed by atoms with E-state index in [1.165, 1.54) is 11.8 Å². The number of likely N-dealkylation sites (tertiary alicyclic amines) is 1. The Hall–Kier alpha value is -4.92. The summed E-state index contributed by atoms with van der Waals surface area (Å²) in [7, 11) is 1.79. The van der Waals surface area contributed by atoms with Gasteiger partial charge < -0.3 is 24.7 Å². The number of aromatic carboxylic acids is 1. The van der Waals surface area contributed by atoms with Crippen molar-refractivity contribution in [1.29, 1.82) is 0 Å². The Balaban J connectivity index is 0.923. The molecule has 10 rings (SSSR count). The monoisotopic (exact) mass is 740 g/mol. The van der Waals surface area contributed by atoms with E-state index in [4.69, 9.17) is 5.10 Å². The Labute approximate surface area is 312 Å². The van der Waals surface area contributed by atoms with Crippen LogP contribution in [0.15, 0.2) is 36.7 Å². The standard InChI is InChI=1S/C39H46F2N10O3/c1-23(52)48-13-9-34-32(22-48)38(49-10-3-4-25-16-30(26-19-42-46(2)21-26)31(37(40)41)18-35(25)49)45-51(34)27-7-11-47(12-8-27)20-24-14-28-17-29(15-24)50(28)36-6-5-33(39(53)54)43-44-36/h5-6,16,18-19,21,24,27-29,37H,3-4,7-15,17,20,22H2,1-2H3,(H,53,54). The first kappa shape index (κ1) is 34.8. The number of amides is 1. The summed E-state index contributed by atoms with van der Waals surface area (Å²) in [5.41, 5.74) is 5.16. The summed E-state index contributed by atoms with van der Waals surface area (Å²) >= 11 is 0. The second-order valence-corrected chi connectivity index (χ2v) is 15.8. The third-order valence-electron chi connectivity index (χ3n) is 12.5. The highest BCUT2D eigenvalue weighted by Crippen LogP contribution is 2.46. The highest BCUT2D eigenvalue weighted by molar-refractivity contribution is 5.85. The molecule has 2 bridgehead atoms. The fraction of sp³-hybridized carbons (Fsp3) is 0.538. The van der Waals surface area contributed by atoms with Gasteiger partial charge in [0.1, 0.15) is 0 Å². The Kier molecular flexibility index (Phi) is 8.86. The van der Waals surface area contributed by atoms with E-state index in [0.29, 0.717) is 48.8 Å². The van der Waals surface area contributed by atoms with E-state index in [0.717, 1.165) is 99.5 Å². The summed E-state index contributed by atoms with van der Waals surface area (Å²) in [6, 6.07) is 7.95. The van der Waals surface area contributed by atoms with Gasteiger partial charge >= 0.3 is 5.97 Å². The SMILES string of the molecule is CC(=O)N1CCc2c(c(N3CCCc4cc(-c5cnn(C)c5)c(C(F)F)cc43)nn2C2CCN(CC3CC4CC(C3)N4c3ccc(C(=O)O)nn3)CC2)C1. The summed E-state index contributed by atoms with van der Waals surface area (Å²) in [5, 5.41) is 26.9. The van der Waals surface area contributed by atoms with E-state index in [9.17, 15) is 23.5 Å². The second kappa shape index (κ2) is 13.7. The first-order valence-electron chi connectivity index (χ1n) is 19.3. The lowest BCUT2D eigenvalue weighted by molar-refractivity contribution is -0.129. The molecule has 4 aromatic rings. The van der Waals surface area contributed by atoms with Gasteiger partial charge in [-0.05, 0) is 86.3 Å². The van der Waals surface area contributed by atoms with Gasteiger partial charge in [-0.1, -0.05) is 0 Å². The number of aryl methyl sites for hydroxylation is 2. The summed E-state index contributed by atoms with van der Waals surface area (Å²) in [6.07, 6.45) is 8.43. The van der Waals surface area contributed by atoms with Crippen LogP contribution in [0.25, 0.3) is 11.1 Å². The number of hydrogen-bond donors (Lipinski definition) is 1. The summed E-state index contributed by atoms with van der Waals surface area (Å²) in [4.78, 5) is 32.7. The molecule has 15 heteroatoms. The van der Waals surface area contributed by atoms with Gasteiger partial charge in [0.2, 0.25) is 5.91 Å². The van der Waals surface area contributed by atoms with Crippen LogP contribution in [0, 0.1) is 5.92 Å². The number of carbonyl (C=O) groups is 2. The van der Waals surface area contributed by atoms with Crippen LogP contribution >= 0.6 is 0 Å². The van der Waals surface area contributed by atoms with Crippen molar-refractivity contribution in [2.45, 2.75) is 89.4 Å². The molecule has 1 saturated carbocycles. The molecule has 1 aliphatic carbocycles. The molecule has 2 unspecified atom stereocenters. The molecule has 284 valence electrons. The van der Waals surface area contributed by atoms with Crippen LogP contribution in [-0.2, 0) is 31.2 Å². The molecule has 1 N–H and O–H groups in total. The van der Waals surface area contributed by atoms with Gasteiger partial charge in [0.05, 0.1) is 18.8 Å². The topological polar surface area (TPSA) is 129 Å². The van der Waals surface area contributed by atoms with Crippen LogP contribution in [-0.4, -0.2) is 101 Å². The second-order valence-electron chi connectivity index (χ2n) is 15.8. The first-order chi connectivity index (χ1) is 26.1. The average Bonchev–Trinajstić information content (AvgIpc) is 3.78. The highest BCUT2D eigenvalue weighted by atomic mass is 19.3. The fourth-order valence-corrected chi connectivity index (χ4v) is 9.87. The number of carboxylic acids is 1. The minimum absolute atomic E-state index is 0.00858. The van der Waals surface area contributed by atoms with Gasteiger partial charge in [0.25, 0.3) is 6.43 Å². The number of piperidine rings is 2.